The monoisotopic (exact) mass is 248 g/mol. The highest BCUT2D eigenvalue weighted by atomic mass is 16.3. The van der Waals surface area contributed by atoms with E-state index in [2.05, 4.69) is 4.90 Å². The first kappa shape index (κ1) is 13.5. The first-order valence-corrected chi connectivity index (χ1v) is 6.60. The van der Waals surface area contributed by atoms with E-state index in [1.54, 1.807) is 13.8 Å². The summed E-state index contributed by atoms with van der Waals surface area (Å²) in [5.74, 6) is 0. The first-order chi connectivity index (χ1) is 8.39. The van der Waals surface area contributed by atoms with Crippen LogP contribution in [0, 0.1) is 0 Å². The second-order valence-corrected chi connectivity index (χ2v) is 5.93. The Morgan fingerprint density at radius 3 is 2.28 bits per heavy atom. The van der Waals surface area contributed by atoms with Crippen molar-refractivity contribution in [1.82, 2.24) is 4.90 Å². The number of hydrogen-bond acceptors (Lipinski definition) is 2. The molecule has 2 rings (SSSR count). The van der Waals surface area contributed by atoms with Crippen molar-refractivity contribution in [3.05, 3.63) is 35.9 Å². The number of aliphatic hydroxyl groups is 1. The molecule has 1 aliphatic heterocycles. The third kappa shape index (κ3) is 3.31. The van der Waals surface area contributed by atoms with Crippen molar-refractivity contribution in [3.63, 3.8) is 0 Å². The van der Waals surface area contributed by atoms with Crippen molar-refractivity contribution in [3.8, 4) is 0 Å². The van der Waals surface area contributed by atoms with Crippen LogP contribution in [-0.2, 0) is 10.7 Å². The van der Waals surface area contributed by atoms with E-state index in [0.717, 1.165) is 18.7 Å². The molecule has 18 heavy (non-hydrogen) atoms. The lowest BCUT2D eigenvalue weighted by Gasteiger charge is -2.40. The second-order valence-electron chi connectivity index (χ2n) is 5.93. The van der Waals surface area contributed by atoms with Crippen molar-refractivity contribution >= 4 is 0 Å². The van der Waals surface area contributed by atoms with E-state index in [4.69, 9.17) is 0 Å². The largest absolute Gasteiger partial charge is 0.385 e. The third-order valence-electron chi connectivity index (χ3n) is 3.60. The van der Waals surface area contributed by atoms with E-state index in [9.17, 15) is 10.2 Å². The van der Waals surface area contributed by atoms with Gasteiger partial charge in [-0.2, -0.15) is 0 Å². The first-order valence-electron chi connectivity index (χ1n) is 6.60. The van der Waals surface area contributed by atoms with Gasteiger partial charge in [-0.3, -0.25) is 0 Å². The Hall–Kier alpha value is -0.900. The van der Waals surface area contributed by atoms with Gasteiger partial charge in [0.2, 0.25) is 0 Å². The smallest absolute Gasteiger partial charge is 0.111 e. The van der Waals surface area contributed by atoms with Crippen LogP contribution in [0.4, 0.5) is 0 Å². The summed E-state index contributed by atoms with van der Waals surface area (Å²) in [6.07, 6.45) is 1.40. The molecule has 1 aromatic rings. The Morgan fingerprint density at radius 1 is 1.22 bits per heavy atom. The lowest BCUT2D eigenvalue weighted by atomic mass is 9.84. The summed E-state index contributed by atoms with van der Waals surface area (Å²) in [7, 11) is 0. The normalized spacial score (nSPS) is 20.9. The molecule has 1 fully saturated rings. The molecule has 3 heteroatoms. The number of hydrogen-bond donors (Lipinski definition) is 1. The Morgan fingerprint density at radius 2 is 1.78 bits per heavy atom. The molecule has 0 bridgehead atoms. The fourth-order valence-electron chi connectivity index (χ4n) is 2.66. The van der Waals surface area contributed by atoms with Crippen molar-refractivity contribution in [2.24, 2.45) is 0 Å². The standard InChI is InChI=1S/C15H22NO2/c1-14(2,17)12-16-10-8-15(18,9-11-16)13-6-4-3-5-7-13/h3-7,18H,8-12H2,1-2H3. The zero-order valence-corrected chi connectivity index (χ0v) is 11.2. The number of benzene rings is 1. The molecule has 0 saturated carbocycles. The predicted octanol–water partition coefficient (Wildman–Crippen LogP) is 2.18. The minimum Gasteiger partial charge on any atom is -0.385 e. The van der Waals surface area contributed by atoms with Gasteiger partial charge in [0.05, 0.1) is 5.60 Å². The van der Waals surface area contributed by atoms with E-state index < -0.39 is 11.2 Å². The fraction of sp³-hybridized carbons (Fsp3) is 0.600. The summed E-state index contributed by atoms with van der Waals surface area (Å²) in [4.78, 5) is 2.16. The number of likely N-dealkylation sites (tertiary alicyclic amines) is 1. The average Bonchev–Trinajstić information content (AvgIpc) is 2.32. The van der Waals surface area contributed by atoms with Gasteiger partial charge in [-0.05, 0) is 32.3 Å². The molecule has 1 aliphatic rings. The van der Waals surface area contributed by atoms with Crippen molar-refractivity contribution in [2.45, 2.75) is 37.9 Å². The molecule has 0 spiro atoms. The van der Waals surface area contributed by atoms with Crippen LogP contribution in [0.3, 0.4) is 0 Å². The molecule has 1 radical (unpaired) electrons. The molecule has 0 aromatic heterocycles. The molecule has 99 valence electrons. The number of nitrogens with zero attached hydrogens (tertiary/aromatic N) is 1. The molecule has 1 aromatic carbocycles. The summed E-state index contributed by atoms with van der Waals surface area (Å²) in [6.45, 7) is 5.56. The lowest BCUT2D eigenvalue weighted by Crippen LogP contribution is -2.47. The molecule has 3 nitrogen and oxygen atoms in total. The van der Waals surface area contributed by atoms with Crippen LogP contribution in [0.5, 0.6) is 0 Å². The molecule has 1 N–H and O–H groups in total. The topological polar surface area (TPSA) is 43.4 Å². The van der Waals surface area contributed by atoms with Gasteiger partial charge in [0.15, 0.2) is 0 Å². The summed E-state index contributed by atoms with van der Waals surface area (Å²) < 4.78 is 0. The Bertz CT molecular complexity index is 375. The molecular formula is C15H22NO2. The molecular weight excluding hydrogens is 226 g/mol. The van der Waals surface area contributed by atoms with Gasteiger partial charge in [0.25, 0.3) is 0 Å². The van der Waals surface area contributed by atoms with Crippen LogP contribution in [0.2, 0.25) is 0 Å². The highest BCUT2D eigenvalue weighted by molar-refractivity contribution is 5.22. The van der Waals surface area contributed by atoms with Crippen LogP contribution >= 0.6 is 0 Å². The van der Waals surface area contributed by atoms with E-state index in [1.165, 1.54) is 0 Å². The minimum atomic E-state index is -0.914. The molecule has 0 amide bonds. The van der Waals surface area contributed by atoms with Crippen LogP contribution in [0.15, 0.2) is 30.3 Å². The van der Waals surface area contributed by atoms with Gasteiger partial charge >= 0.3 is 0 Å². The zero-order chi connectivity index (χ0) is 13.2. The van der Waals surface area contributed by atoms with E-state index in [0.29, 0.717) is 19.4 Å². The average molecular weight is 248 g/mol. The minimum absolute atomic E-state index is 0.553. The molecule has 1 saturated heterocycles. The molecule has 0 aliphatic carbocycles. The maximum Gasteiger partial charge on any atom is 0.111 e. The van der Waals surface area contributed by atoms with Gasteiger partial charge < -0.3 is 10.0 Å². The summed E-state index contributed by atoms with van der Waals surface area (Å²) in [5.41, 5.74) is -0.640. The SMILES string of the molecule is CC(C)([O])CN1CCC(O)(c2ccccc2)CC1. The van der Waals surface area contributed by atoms with Crippen molar-refractivity contribution < 1.29 is 10.2 Å². The van der Waals surface area contributed by atoms with Crippen molar-refractivity contribution in [2.75, 3.05) is 19.6 Å². The van der Waals surface area contributed by atoms with Crippen LogP contribution in [0.25, 0.3) is 0 Å². The van der Waals surface area contributed by atoms with Gasteiger partial charge in [-0.1, -0.05) is 30.3 Å². The zero-order valence-electron chi connectivity index (χ0n) is 11.2. The Balaban J connectivity index is 1.98. The van der Waals surface area contributed by atoms with Gasteiger partial charge in [0.1, 0.15) is 5.60 Å². The second kappa shape index (κ2) is 5.00. The van der Waals surface area contributed by atoms with E-state index >= 15 is 0 Å². The van der Waals surface area contributed by atoms with Gasteiger partial charge in [-0.25, -0.2) is 5.11 Å². The lowest BCUT2D eigenvalue weighted by molar-refractivity contribution is -0.0643. The number of rotatable bonds is 3. The maximum absolute atomic E-state index is 11.7. The van der Waals surface area contributed by atoms with Gasteiger partial charge in [-0.15, -0.1) is 0 Å². The summed E-state index contributed by atoms with van der Waals surface area (Å²) >= 11 is 0. The van der Waals surface area contributed by atoms with Crippen LogP contribution < -0.4 is 0 Å². The molecule has 0 atom stereocenters. The highest BCUT2D eigenvalue weighted by Gasteiger charge is 2.35. The Labute approximate surface area is 109 Å². The fourth-order valence-corrected chi connectivity index (χ4v) is 2.66. The molecule has 0 unspecified atom stereocenters. The van der Waals surface area contributed by atoms with Crippen LogP contribution in [-0.4, -0.2) is 35.2 Å². The summed E-state index contributed by atoms with van der Waals surface area (Å²) in [6, 6.07) is 9.84. The predicted molar refractivity (Wildman–Crippen MR) is 70.8 cm³/mol. The highest BCUT2D eigenvalue weighted by Crippen LogP contribution is 2.32. The van der Waals surface area contributed by atoms with E-state index in [1.807, 2.05) is 30.3 Å². The van der Waals surface area contributed by atoms with Gasteiger partial charge in [0, 0.05) is 19.6 Å². The van der Waals surface area contributed by atoms with Crippen molar-refractivity contribution in [1.29, 1.82) is 0 Å². The Kier molecular flexibility index (Phi) is 3.76. The van der Waals surface area contributed by atoms with E-state index in [-0.39, 0.29) is 0 Å². The quantitative estimate of drug-likeness (QED) is 0.891. The third-order valence-corrected chi connectivity index (χ3v) is 3.60. The maximum atomic E-state index is 11.7. The molecule has 1 heterocycles. The summed E-state index contributed by atoms with van der Waals surface area (Å²) in [5, 5.41) is 22.4. The number of piperidine rings is 1. The van der Waals surface area contributed by atoms with Crippen LogP contribution in [0.1, 0.15) is 32.3 Å².